The first-order chi connectivity index (χ1) is 40.3. The molecule has 0 spiro atoms. The van der Waals surface area contributed by atoms with Crippen molar-refractivity contribution in [2.75, 3.05) is 89.6 Å². The van der Waals surface area contributed by atoms with Crippen LogP contribution in [0.5, 0.6) is 23.0 Å². The minimum Gasteiger partial charge on any atom is -0.493 e. The van der Waals surface area contributed by atoms with Crippen molar-refractivity contribution < 1.29 is 57.2 Å². The Labute approximate surface area is 488 Å². The molecule has 20 nitrogen and oxygen atoms in total. The molecule has 2 heterocycles. The molecule has 1 fully saturated rings. The molecule has 446 valence electrons. The molecule has 0 aromatic heterocycles. The summed E-state index contributed by atoms with van der Waals surface area (Å²) in [6, 6.07) is 28.6. The van der Waals surface area contributed by atoms with Crippen molar-refractivity contribution in [3.05, 3.63) is 124 Å². The molecule has 1 saturated carbocycles. The van der Waals surface area contributed by atoms with E-state index < -0.39 is 0 Å². The van der Waals surface area contributed by atoms with Crippen LogP contribution in [0.4, 0.5) is 28.4 Å². The van der Waals surface area contributed by atoms with Crippen LogP contribution in [0.15, 0.2) is 96.0 Å². The molecular formula is C63H82N8O12. The molecule has 8 rings (SSSR count). The smallest absolute Gasteiger partial charge is 0.260 e. The number of carbonyl (C=O) groups excluding carboxylic acids is 7. The number of nitrogens with zero attached hydrogens (tertiary/aromatic N) is 3. The lowest BCUT2D eigenvalue weighted by Crippen LogP contribution is -2.36. The molecule has 5 aromatic rings. The second kappa shape index (κ2) is 36.0. The number of carbonyl (C=O) groups is 7. The van der Waals surface area contributed by atoms with Crippen molar-refractivity contribution in [2.24, 2.45) is 10.9 Å². The zero-order valence-electron chi connectivity index (χ0n) is 49.5. The molecule has 83 heavy (non-hydrogen) atoms. The monoisotopic (exact) mass is 1140 g/mol. The van der Waals surface area contributed by atoms with E-state index in [1.807, 2.05) is 87.5 Å². The Morgan fingerprint density at radius 2 is 1.31 bits per heavy atom. The van der Waals surface area contributed by atoms with Gasteiger partial charge in [0.25, 0.3) is 5.91 Å². The van der Waals surface area contributed by atoms with Gasteiger partial charge in [-0.1, -0.05) is 69.5 Å². The lowest BCUT2D eigenvalue weighted by atomic mass is 9.91. The van der Waals surface area contributed by atoms with Crippen LogP contribution < -0.4 is 55.3 Å². The number of likely N-dealkylation sites (N-methyl/N-ethyl adjacent to an activating group) is 2. The van der Waals surface area contributed by atoms with Crippen LogP contribution in [0.25, 0.3) is 0 Å². The quantitative estimate of drug-likeness (QED) is 0.0323. The number of anilines is 4. The van der Waals surface area contributed by atoms with E-state index >= 15 is 0 Å². The topological polar surface area (TPSA) is 245 Å². The van der Waals surface area contributed by atoms with Crippen molar-refractivity contribution in [3.63, 3.8) is 0 Å². The molecule has 0 bridgehead atoms. The Kier molecular flexibility index (Phi) is 29.0. The number of hydrogen-bond acceptors (Lipinski definition) is 16. The molecule has 0 saturated heterocycles. The summed E-state index contributed by atoms with van der Waals surface area (Å²) in [6.45, 7) is 6.25. The molecule has 1 aliphatic carbocycles. The van der Waals surface area contributed by atoms with E-state index in [0.717, 1.165) is 66.3 Å². The Morgan fingerprint density at radius 3 is 1.87 bits per heavy atom. The van der Waals surface area contributed by atoms with Gasteiger partial charge in [-0.2, -0.15) is 0 Å². The summed E-state index contributed by atoms with van der Waals surface area (Å²) in [5, 5.41) is 13.4. The third-order valence-corrected chi connectivity index (χ3v) is 13.4. The van der Waals surface area contributed by atoms with Crippen molar-refractivity contribution in [3.8, 4) is 23.0 Å². The number of hydrogen-bond donors (Lipinski definition) is 5. The highest BCUT2D eigenvalue weighted by atomic mass is 16.5. The maximum Gasteiger partial charge on any atom is 0.260 e. The van der Waals surface area contributed by atoms with Crippen LogP contribution in [0.3, 0.4) is 0 Å². The molecule has 5 N–H and O–H groups in total. The molecule has 5 aromatic carbocycles. The Balaban J connectivity index is 0.000000540. The first-order valence-corrected chi connectivity index (χ1v) is 27.7. The van der Waals surface area contributed by atoms with E-state index in [2.05, 4.69) is 54.4 Å². The lowest BCUT2D eigenvalue weighted by molar-refractivity contribution is -0.123. The minimum atomic E-state index is -0.376. The van der Waals surface area contributed by atoms with Gasteiger partial charge in [-0.25, -0.2) is 0 Å². The van der Waals surface area contributed by atoms with Gasteiger partial charge >= 0.3 is 0 Å². The van der Waals surface area contributed by atoms with Crippen molar-refractivity contribution in [1.29, 1.82) is 0 Å². The van der Waals surface area contributed by atoms with Gasteiger partial charge in [0.1, 0.15) is 25.8 Å². The van der Waals surface area contributed by atoms with Crippen LogP contribution in [0.1, 0.15) is 95.8 Å². The van der Waals surface area contributed by atoms with Gasteiger partial charge in [0, 0.05) is 81.2 Å². The van der Waals surface area contributed by atoms with E-state index in [9.17, 15) is 33.6 Å². The van der Waals surface area contributed by atoms with Crippen LogP contribution in [-0.2, 0) is 54.8 Å². The summed E-state index contributed by atoms with van der Waals surface area (Å²) >= 11 is 0. The summed E-state index contributed by atoms with van der Waals surface area (Å²) in [6.07, 6.45) is 12.4. The number of aldehydes is 3. The van der Waals surface area contributed by atoms with Crippen molar-refractivity contribution in [2.45, 2.75) is 91.0 Å². The molecule has 1 unspecified atom stereocenters. The second-order valence-electron chi connectivity index (χ2n) is 19.2. The zero-order chi connectivity index (χ0) is 60.7. The number of fused-ring (bicyclic) bond motifs is 2. The van der Waals surface area contributed by atoms with Gasteiger partial charge in [-0.3, -0.25) is 29.0 Å². The summed E-state index contributed by atoms with van der Waals surface area (Å²) in [7, 11) is 11.8. The highest BCUT2D eigenvalue weighted by Crippen LogP contribution is 2.40. The molecule has 4 amide bonds. The minimum absolute atomic E-state index is 0.00386. The normalized spacial score (nSPS) is 14.6. The molecule has 2 aliphatic heterocycles. The van der Waals surface area contributed by atoms with Crippen molar-refractivity contribution in [1.82, 2.24) is 16.0 Å². The molecule has 20 heteroatoms. The number of methoxy groups -OCH3 is 3. The largest absolute Gasteiger partial charge is 0.493 e. The molecule has 2 atom stereocenters. The van der Waals surface area contributed by atoms with Gasteiger partial charge < -0.3 is 69.7 Å². The number of rotatable bonds is 22. The average molecular weight is 1140 g/mol. The number of nitrogens with one attached hydrogen (secondary N) is 5. The summed E-state index contributed by atoms with van der Waals surface area (Å²) < 4.78 is 28.3. The molecular weight excluding hydrogens is 1060 g/mol. The van der Waals surface area contributed by atoms with Gasteiger partial charge in [0.15, 0.2) is 29.3 Å². The summed E-state index contributed by atoms with van der Waals surface area (Å²) in [5.41, 5.74) is 8.33. The highest BCUT2D eigenvalue weighted by Gasteiger charge is 2.33. The lowest BCUT2D eigenvalue weighted by Gasteiger charge is -2.25. The third-order valence-electron chi connectivity index (χ3n) is 13.4. The number of amides is 4. The van der Waals surface area contributed by atoms with Crippen molar-refractivity contribution >= 4 is 77.6 Å². The van der Waals surface area contributed by atoms with Gasteiger partial charge in [-0.05, 0) is 104 Å². The predicted octanol–water partition coefficient (Wildman–Crippen LogP) is 8.33. The average Bonchev–Trinajstić information content (AvgIpc) is 3.61. The van der Waals surface area contributed by atoms with E-state index in [4.69, 9.17) is 23.9 Å². The maximum atomic E-state index is 14.1. The van der Waals surface area contributed by atoms with Crippen LogP contribution >= 0.6 is 0 Å². The van der Waals surface area contributed by atoms with E-state index in [1.54, 1.807) is 52.6 Å². The second-order valence-corrected chi connectivity index (χ2v) is 19.2. The fourth-order valence-corrected chi connectivity index (χ4v) is 9.46. The third kappa shape index (κ3) is 19.8. The Hall–Kier alpha value is -8.62. The molecule has 0 radical (unpaired) electrons. The number of para-hydroxylation sites is 2. The summed E-state index contributed by atoms with van der Waals surface area (Å²) in [5.74, 6) is 1.27. The van der Waals surface area contributed by atoms with E-state index in [0.29, 0.717) is 69.8 Å². The first-order valence-electron chi connectivity index (χ1n) is 27.7. The summed E-state index contributed by atoms with van der Waals surface area (Å²) in [4.78, 5) is 87.6. The SMILES string of the molecule is CC.CNCC(=O)Nc1cc(COc2cc(N=CC3Cc4ccccc4N3C)c(C=O)cc2OC)cc(COc2cc(NC)c(C(=O)N3c4ccccc4C[C@H]3C)cc2OC)c1.COC.O=CC1CCCCC1.O=CCNC(=O)CNC=O. The number of aliphatic imine (C=N–C) groups is 1. The van der Waals surface area contributed by atoms with Gasteiger partial charge in [-0.15, -0.1) is 0 Å². The molecule has 3 aliphatic rings. The van der Waals surface area contributed by atoms with E-state index in [1.165, 1.54) is 39.0 Å². The Bertz CT molecular complexity index is 2930. The van der Waals surface area contributed by atoms with Gasteiger partial charge in [0.2, 0.25) is 18.2 Å². The van der Waals surface area contributed by atoms with Gasteiger partial charge in [0.05, 0.1) is 56.8 Å². The highest BCUT2D eigenvalue weighted by molar-refractivity contribution is 6.11. The Morgan fingerprint density at radius 1 is 0.711 bits per heavy atom. The predicted molar refractivity (Wildman–Crippen MR) is 326 cm³/mol. The van der Waals surface area contributed by atoms with Crippen LogP contribution in [0.2, 0.25) is 0 Å². The van der Waals surface area contributed by atoms with Crippen LogP contribution in [-0.4, -0.2) is 131 Å². The number of ether oxygens (including phenoxy) is 5. The maximum absolute atomic E-state index is 14.1. The fourth-order valence-electron chi connectivity index (χ4n) is 9.46. The number of benzene rings is 5. The van der Waals surface area contributed by atoms with Crippen LogP contribution in [0, 0.1) is 5.92 Å². The van der Waals surface area contributed by atoms with E-state index in [-0.39, 0.29) is 62.7 Å². The standard InChI is InChI=1S/C47H50N6O7.C7H12O.C5H8N2O3.C2H6O.C2H6/c1-29-15-32-11-8-10-14-41(32)53(29)47(56)37-21-43(58-6)45(23-39(37)49-3)60-28-31-16-30(17-35(18-31)51-46(55)25-48-2)27-59-44-22-38(34(26-54)20-42(44)57-5)50-24-36-19-33-12-7-9-13-40(33)52(36)4;8-6-7-4-2-1-3-5-7;8-2-1-7-5(10)3-6-4-9;1-3-2;1-2/h7-14,16-18,20-24,26,29,36,48-49H,15,19,25,27-28H2,1-6H3,(H,51,55);6-7H,1-5H2;2,4H,1,3H2,(H,6,9)(H,7,10);1-2H3;1-2H3/t29-,36?;;;;/m1..../s1. The zero-order valence-corrected chi connectivity index (χ0v) is 49.5. The first kappa shape index (κ1) is 66.9. The fraction of sp³-hybridized carbons (Fsp3) is 0.397.